The maximum Gasteiger partial charge on any atom is 0.335 e. The van der Waals surface area contributed by atoms with Gasteiger partial charge in [0.1, 0.15) is 6.07 Å². The smallest absolute Gasteiger partial charge is 0.335 e. The van der Waals surface area contributed by atoms with Crippen LogP contribution in [0.3, 0.4) is 0 Å². The van der Waals surface area contributed by atoms with Gasteiger partial charge in [0.15, 0.2) is 6.61 Å². The summed E-state index contributed by atoms with van der Waals surface area (Å²) in [7, 11) is 0. The van der Waals surface area contributed by atoms with Crippen LogP contribution in [-0.2, 0) is 0 Å². The molecule has 1 rings (SSSR count). The Balaban J connectivity index is 2.80. The normalized spacial score (nSPS) is 8.85. The monoisotopic (exact) mass is 178 g/mol. The van der Waals surface area contributed by atoms with Gasteiger partial charge in [-0.25, -0.2) is 9.78 Å². The molecule has 66 valence electrons. The van der Waals surface area contributed by atoms with E-state index >= 15 is 0 Å². The Morgan fingerprint density at radius 2 is 2.54 bits per heavy atom. The number of carboxylic acids is 1. The number of carbonyl (C=O) groups is 1. The zero-order valence-electron chi connectivity index (χ0n) is 6.60. The summed E-state index contributed by atoms with van der Waals surface area (Å²) in [6.45, 7) is -0.143. The van der Waals surface area contributed by atoms with Crippen LogP contribution in [0.15, 0.2) is 18.3 Å². The van der Waals surface area contributed by atoms with E-state index in [2.05, 4.69) is 4.98 Å². The van der Waals surface area contributed by atoms with E-state index in [1.165, 1.54) is 18.3 Å². The van der Waals surface area contributed by atoms with E-state index in [0.29, 0.717) is 0 Å². The lowest BCUT2D eigenvalue weighted by Crippen LogP contribution is -2.00. The van der Waals surface area contributed by atoms with Crippen LogP contribution in [0.2, 0.25) is 0 Å². The van der Waals surface area contributed by atoms with Gasteiger partial charge in [-0.15, -0.1) is 0 Å². The second-order valence-corrected chi connectivity index (χ2v) is 2.13. The topological polar surface area (TPSA) is 83.2 Å². The van der Waals surface area contributed by atoms with Gasteiger partial charge in [0.05, 0.1) is 5.56 Å². The molecule has 0 radical (unpaired) electrons. The van der Waals surface area contributed by atoms with Gasteiger partial charge in [0.2, 0.25) is 5.88 Å². The number of nitrogens with zero attached hydrogens (tertiary/aromatic N) is 2. The zero-order valence-corrected chi connectivity index (χ0v) is 6.60. The molecule has 0 unspecified atom stereocenters. The molecule has 0 saturated heterocycles. The fourth-order valence-electron chi connectivity index (χ4n) is 0.728. The highest BCUT2D eigenvalue weighted by Crippen LogP contribution is 2.08. The molecule has 0 bridgehead atoms. The van der Waals surface area contributed by atoms with E-state index in [9.17, 15) is 4.79 Å². The van der Waals surface area contributed by atoms with Crippen LogP contribution >= 0.6 is 0 Å². The average molecular weight is 178 g/mol. The standard InChI is InChI=1S/C8H6N2O3/c9-2-4-13-7-5-6(8(11)12)1-3-10-7/h1,3,5H,4H2,(H,11,12). The van der Waals surface area contributed by atoms with Gasteiger partial charge in [-0.2, -0.15) is 5.26 Å². The van der Waals surface area contributed by atoms with Crippen molar-refractivity contribution in [2.75, 3.05) is 6.61 Å². The highest BCUT2D eigenvalue weighted by Gasteiger charge is 2.03. The number of carboxylic acid groups (broad SMARTS) is 1. The lowest BCUT2D eigenvalue weighted by molar-refractivity contribution is 0.0696. The van der Waals surface area contributed by atoms with Crippen molar-refractivity contribution in [3.8, 4) is 11.9 Å². The van der Waals surface area contributed by atoms with E-state index in [1.54, 1.807) is 6.07 Å². The van der Waals surface area contributed by atoms with Crippen LogP contribution in [0.1, 0.15) is 10.4 Å². The molecule has 1 aromatic rings. The average Bonchev–Trinajstić information content (AvgIpc) is 2.15. The number of hydrogen-bond donors (Lipinski definition) is 1. The van der Waals surface area contributed by atoms with Crippen LogP contribution in [0, 0.1) is 11.3 Å². The fourth-order valence-corrected chi connectivity index (χ4v) is 0.728. The first-order valence-corrected chi connectivity index (χ1v) is 3.43. The second-order valence-electron chi connectivity index (χ2n) is 2.13. The number of pyridine rings is 1. The van der Waals surface area contributed by atoms with E-state index in [0.717, 1.165) is 0 Å². The predicted molar refractivity (Wildman–Crippen MR) is 42.3 cm³/mol. The molecular formula is C8H6N2O3. The summed E-state index contributed by atoms with van der Waals surface area (Å²) in [4.78, 5) is 14.2. The molecule has 13 heavy (non-hydrogen) atoms. The molecule has 0 saturated carbocycles. The fraction of sp³-hybridized carbons (Fsp3) is 0.125. The van der Waals surface area contributed by atoms with E-state index in [-0.39, 0.29) is 18.1 Å². The van der Waals surface area contributed by atoms with Gasteiger partial charge < -0.3 is 9.84 Å². The molecular weight excluding hydrogens is 172 g/mol. The van der Waals surface area contributed by atoms with Gasteiger partial charge in [0.25, 0.3) is 0 Å². The number of nitriles is 1. The summed E-state index contributed by atoms with van der Waals surface area (Å²) < 4.78 is 4.81. The van der Waals surface area contributed by atoms with Crippen molar-refractivity contribution in [2.45, 2.75) is 0 Å². The van der Waals surface area contributed by atoms with Crippen molar-refractivity contribution in [3.63, 3.8) is 0 Å². The summed E-state index contributed by atoms with van der Waals surface area (Å²) >= 11 is 0. The maximum absolute atomic E-state index is 10.5. The molecule has 0 aliphatic heterocycles. The largest absolute Gasteiger partial charge is 0.478 e. The summed E-state index contributed by atoms with van der Waals surface area (Å²) in [5.74, 6) is -0.911. The van der Waals surface area contributed by atoms with Gasteiger partial charge in [-0.1, -0.05) is 0 Å². The number of rotatable bonds is 3. The Kier molecular flexibility index (Phi) is 2.82. The number of aromatic carboxylic acids is 1. The Morgan fingerprint density at radius 3 is 3.15 bits per heavy atom. The van der Waals surface area contributed by atoms with Gasteiger partial charge >= 0.3 is 5.97 Å². The van der Waals surface area contributed by atoms with Crippen molar-refractivity contribution in [1.82, 2.24) is 4.98 Å². The van der Waals surface area contributed by atoms with Crippen molar-refractivity contribution in [2.24, 2.45) is 0 Å². The van der Waals surface area contributed by atoms with E-state index in [4.69, 9.17) is 15.1 Å². The minimum atomic E-state index is -1.05. The second kappa shape index (κ2) is 4.07. The van der Waals surface area contributed by atoms with Crippen molar-refractivity contribution in [1.29, 1.82) is 5.26 Å². The first kappa shape index (κ1) is 9.00. The number of ether oxygens (including phenoxy) is 1. The van der Waals surface area contributed by atoms with Crippen molar-refractivity contribution >= 4 is 5.97 Å². The molecule has 0 amide bonds. The Labute approximate surface area is 74.2 Å². The van der Waals surface area contributed by atoms with Crippen LogP contribution in [0.25, 0.3) is 0 Å². The van der Waals surface area contributed by atoms with Crippen molar-refractivity contribution < 1.29 is 14.6 Å². The Morgan fingerprint density at radius 1 is 1.77 bits per heavy atom. The number of hydrogen-bond acceptors (Lipinski definition) is 4. The molecule has 1 aromatic heterocycles. The molecule has 1 heterocycles. The van der Waals surface area contributed by atoms with Gasteiger partial charge in [-0.05, 0) is 6.07 Å². The van der Waals surface area contributed by atoms with E-state index in [1.807, 2.05) is 0 Å². The summed E-state index contributed by atoms with van der Waals surface area (Å²) in [6.07, 6.45) is 1.32. The Hall–Kier alpha value is -2.09. The van der Waals surface area contributed by atoms with E-state index < -0.39 is 5.97 Å². The van der Waals surface area contributed by atoms with Crippen molar-refractivity contribution in [3.05, 3.63) is 23.9 Å². The van der Waals surface area contributed by atoms with Gasteiger partial charge in [0, 0.05) is 12.3 Å². The van der Waals surface area contributed by atoms with Gasteiger partial charge in [-0.3, -0.25) is 0 Å². The molecule has 0 spiro atoms. The third kappa shape index (κ3) is 2.45. The molecule has 0 aliphatic carbocycles. The lowest BCUT2D eigenvalue weighted by Gasteiger charge is -1.99. The summed E-state index contributed by atoms with van der Waals surface area (Å²) in [5, 5.41) is 16.8. The molecule has 0 atom stereocenters. The first-order chi connectivity index (χ1) is 6.24. The molecule has 0 fully saturated rings. The molecule has 5 heteroatoms. The lowest BCUT2D eigenvalue weighted by atomic mass is 10.3. The zero-order chi connectivity index (χ0) is 9.68. The SMILES string of the molecule is N#CCOc1cc(C(=O)O)ccn1. The molecule has 5 nitrogen and oxygen atoms in total. The highest BCUT2D eigenvalue weighted by molar-refractivity contribution is 5.87. The molecule has 0 aliphatic rings. The minimum absolute atomic E-state index is 0.0861. The quantitative estimate of drug-likeness (QED) is 0.735. The number of aromatic nitrogens is 1. The summed E-state index contributed by atoms with van der Waals surface area (Å²) in [6, 6.07) is 4.37. The minimum Gasteiger partial charge on any atom is -0.478 e. The van der Waals surface area contributed by atoms with Crippen LogP contribution in [0.4, 0.5) is 0 Å². The predicted octanol–water partition coefficient (Wildman–Crippen LogP) is 0.682. The first-order valence-electron chi connectivity index (χ1n) is 3.43. The third-order valence-corrected chi connectivity index (χ3v) is 1.27. The van der Waals surface area contributed by atoms with Crippen LogP contribution in [-0.4, -0.2) is 22.7 Å². The Bertz CT molecular complexity index is 357. The highest BCUT2D eigenvalue weighted by atomic mass is 16.5. The molecule has 1 N–H and O–H groups in total. The van der Waals surface area contributed by atoms with Crippen LogP contribution in [0.5, 0.6) is 5.88 Å². The maximum atomic E-state index is 10.5. The summed E-state index contributed by atoms with van der Waals surface area (Å²) in [5.41, 5.74) is 0.0861. The van der Waals surface area contributed by atoms with Crippen LogP contribution < -0.4 is 4.74 Å². The third-order valence-electron chi connectivity index (χ3n) is 1.27. The molecule has 0 aromatic carbocycles.